The maximum atomic E-state index is 8.89. The second kappa shape index (κ2) is 15.7. The molecule has 0 fully saturated rings. The predicted octanol–water partition coefficient (Wildman–Crippen LogP) is -4.24. The fraction of sp³-hybridized carbons (Fsp3) is 0.500. The average Bonchev–Trinajstić information content (AvgIpc) is 0.811. The van der Waals surface area contributed by atoms with Gasteiger partial charge < -0.3 is 22.3 Å². The van der Waals surface area contributed by atoms with Crippen LogP contribution in [0.3, 0.4) is 0 Å². The Labute approximate surface area is 74.0 Å². The molecule has 0 aromatic rings. The van der Waals surface area contributed by atoms with Crippen LogP contribution in [0.5, 0.6) is 0 Å². The van der Waals surface area contributed by atoms with Gasteiger partial charge in [0.2, 0.25) is 0 Å². The maximum absolute atomic E-state index is 8.89. The second-order valence-electron chi connectivity index (χ2n) is 0.492. The fourth-order valence-electron chi connectivity index (χ4n) is 0. The normalized spacial score (nSPS) is 3.57. The SMILES string of the molecule is CC(=O)[O-].[Cl-].[Zn+2].[Zn+2]. The molecule has 0 rings (SSSR count). The van der Waals surface area contributed by atoms with Gasteiger partial charge in [0.15, 0.2) is 0 Å². The molecule has 0 spiro atoms. The van der Waals surface area contributed by atoms with Crippen molar-refractivity contribution in [1.29, 1.82) is 0 Å². The monoisotopic (exact) mass is 222 g/mol. The number of carboxylic acid groups (broad SMARTS) is 1. The zero-order chi connectivity index (χ0) is 3.58. The van der Waals surface area contributed by atoms with Gasteiger partial charge in [0.25, 0.3) is 0 Å². The molecule has 2 nitrogen and oxygen atoms in total. The van der Waals surface area contributed by atoms with E-state index in [0.29, 0.717) is 0 Å². The van der Waals surface area contributed by atoms with Gasteiger partial charge in [-0.1, -0.05) is 0 Å². The number of carbonyl (C=O) groups is 1. The van der Waals surface area contributed by atoms with E-state index in [1.165, 1.54) is 0 Å². The maximum Gasteiger partial charge on any atom is 2.00 e. The number of aliphatic carboxylic acids is 1. The van der Waals surface area contributed by atoms with Gasteiger partial charge in [0, 0.05) is 5.97 Å². The minimum atomic E-state index is -1.08. The molecule has 0 aromatic carbocycles. The largest absolute Gasteiger partial charge is 2.00 e. The fourth-order valence-corrected chi connectivity index (χ4v) is 0. The molecule has 0 aliphatic rings. The van der Waals surface area contributed by atoms with Crippen LogP contribution in [-0.2, 0) is 43.8 Å². The summed E-state index contributed by atoms with van der Waals surface area (Å²) in [6.07, 6.45) is 0. The number of rotatable bonds is 0. The summed E-state index contributed by atoms with van der Waals surface area (Å²) in [5.41, 5.74) is 0. The van der Waals surface area contributed by atoms with Crippen molar-refractivity contribution < 1.29 is 61.3 Å². The second-order valence-corrected chi connectivity index (χ2v) is 0.492. The molecule has 0 saturated carbocycles. The first-order valence-corrected chi connectivity index (χ1v) is 0.908. The van der Waals surface area contributed by atoms with Gasteiger partial charge >= 0.3 is 39.0 Å². The molecular weight excluding hydrogens is 222 g/mol. The van der Waals surface area contributed by atoms with Crippen molar-refractivity contribution in [3.8, 4) is 0 Å². The van der Waals surface area contributed by atoms with Gasteiger partial charge in [-0.2, -0.15) is 0 Å². The molecule has 0 amide bonds. The quantitative estimate of drug-likeness (QED) is 0.392. The third kappa shape index (κ3) is 173. The molecule has 7 heavy (non-hydrogen) atoms. The number of halogens is 1. The van der Waals surface area contributed by atoms with Crippen LogP contribution in [0, 0.1) is 0 Å². The Morgan fingerprint density at radius 2 is 1.43 bits per heavy atom. The van der Waals surface area contributed by atoms with Gasteiger partial charge in [-0.15, -0.1) is 0 Å². The molecule has 0 N–H and O–H groups in total. The minimum Gasteiger partial charge on any atom is -1.00 e. The molecule has 0 bridgehead atoms. The van der Waals surface area contributed by atoms with E-state index in [1.54, 1.807) is 0 Å². The van der Waals surface area contributed by atoms with Crippen LogP contribution < -0.4 is 17.5 Å². The number of hydrogen-bond acceptors (Lipinski definition) is 2. The van der Waals surface area contributed by atoms with Crippen LogP contribution in [-0.4, -0.2) is 5.97 Å². The molecular formula is C2H3ClO2Zn2+2. The van der Waals surface area contributed by atoms with Crippen molar-refractivity contribution in [3.05, 3.63) is 0 Å². The van der Waals surface area contributed by atoms with Crippen LogP contribution in [0.4, 0.5) is 0 Å². The average molecular weight is 225 g/mol. The van der Waals surface area contributed by atoms with Crippen molar-refractivity contribution in [3.63, 3.8) is 0 Å². The first-order chi connectivity index (χ1) is 1.73. The van der Waals surface area contributed by atoms with Crippen LogP contribution in [0.2, 0.25) is 0 Å². The van der Waals surface area contributed by atoms with Gasteiger partial charge in [-0.05, 0) is 6.92 Å². The molecule has 0 aliphatic carbocycles. The van der Waals surface area contributed by atoms with Crippen molar-refractivity contribution in [2.45, 2.75) is 6.92 Å². The Bertz CT molecular complexity index is 36.7. The van der Waals surface area contributed by atoms with Gasteiger partial charge in [0.05, 0.1) is 0 Å². The van der Waals surface area contributed by atoms with E-state index < -0.39 is 5.97 Å². The minimum absolute atomic E-state index is 0. The zero-order valence-corrected chi connectivity index (χ0v) is 10.8. The molecule has 0 aromatic heterocycles. The molecule has 0 aliphatic heterocycles. The van der Waals surface area contributed by atoms with E-state index in [1.807, 2.05) is 0 Å². The first-order valence-electron chi connectivity index (χ1n) is 0.908. The van der Waals surface area contributed by atoms with Crippen molar-refractivity contribution in [1.82, 2.24) is 0 Å². The van der Waals surface area contributed by atoms with E-state index in [0.717, 1.165) is 6.92 Å². The van der Waals surface area contributed by atoms with E-state index in [2.05, 4.69) is 0 Å². The Hall–Kier alpha value is 1.01. The Morgan fingerprint density at radius 3 is 1.43 bits per heavy atom. The third-order valence-electron chi connectivity index (χ3n) is 0. The summed E-state index contributed by atoms with van der Waals surface area (Å²) in [5.74, 6) is -1.08. The van der Waals surface area contributed by atoms with Crippen LogP contribution in [0.15, 0.2) is 0 Å². The van der Waals surface area contributed by atoms with Gasteiger partial charge in [-0.25, -0.2) is 0 Å². The van der Waals surface area contributed by atoms with Crippen LogP contribution >= 0.6 is 0 Å². The smallest absolute Gasteiger partial charge is 1.00 e. The topological polar surface area (TPSA) is 40.1 Å². The molecule has 0 unspecified atom stereocenters. The summed E-state index contributed by atoms with van der Waals surface area (Å²) in [4.78, 5) is 8.89. The molecule has 0 heterocycles. The summed E-state index contributed by atoms with van der Waals surface area (Å²) in [5, 5.41) is 8.89. The van der Waals surface area contributed by atoms with E-state index in [4.69, 9.17) is 9.90 Å². The third-order valence-corrected chi connectivity index (χ3v) is 0. The number of carbonyl (C=O) groups excluding carboxylic acids is 1. The molecule has 5 heteroatoms. The standard InChI is InChI=1S/C2H4O2.ClH.2Zn/c1-2(3)4;;;/h1H3,(H,3,4);1H;;/q;;2*+2/p-2. The van der Waals surface area contributed by atoms with E-state index >= 15 is 0 Å². The Morgan fingerprint density at radius 1 is 1.43 bits per heavy atom. The first kappa shape index (κ1) is 24.5. The summed E-state index contributed by atoms with van der Waals surface area (Å²) in [7, 11) is 0. The van der Waals surface area contributed by atoms with E-state index in [9.17, 15) is 0 Å². The molecule has 0 saturated heterocycles. The van der Waals surface area contributed by atoms with Gasteiger partial charge in [0.1, 0.15) is 0 Å². The molecule has 32 valence electrons. The van der Waals surface area contributed by atoms with Gasteiger partial charge in [-0.3, -0.25) is 0 Å². The number of hydrogen-bond donors (Lipinski definition) is 0. The van der Waals surface area contributed by atoms with Crippen LogP contribution in [0.25, 0.3) is 0 Å². The van der Waals surface area contributed by atoms with Crippen molar-refractivity contribution in [2.24, 2.45) is 0 Å². The van der Waals surface area contributed by atoms with Crippen molar-refractivity contribution >= 4 is 5.97 Å². The molecule has 0 radical (unpaired) electrons. The van der Waals surface area contributed by atoms with Crippen molar-refractivity contribution in [2.75, 3.05) is 0 Å². The summed E-state index contributed by atoms with van der Waals surface area (Å²) >= 11 is 0. The summed E-state index contributed by atoms with van der Waals surface area (Å²) < 4.78 is 0. The van der Waals surface area contributed by atoms with E-state index in [-0.39, 0.29) is 51.4 Å². The zero-order valence-electron chi connectivity index (χ0n) is 4.11. The number of carboxylic acids is 1. The van der Waals surface area contributed by atoms with Crippen LogP contribution in [0.1, 0.15) is 6.92 Å². The predicted molar refractivity (Wildman–Crippen MR) is 10.7 cm³/mol. The summed E-state index contributed by atoms with van der Waals surface area (Å²) in [6, 6.07) is 0. The molecule has 0 atom stereocenters. The Balaban J connectivity index is -0.0000000150. The Kier molecular flexibility index (Phi) is 55.1. The summed E-state index contributed by atoms with van der Waals surface area (Å²) in [6.45, 7) is 0.972.